The Labute approximate surface area is 85.8 Å². The van der Waals surface area contributed by atoms with Crippen LogP contribution in [0.5, 0.6) is 0 Å². The van der Waals surface area contributed by atoms with Gasteiger partial charge in [0.2, 0.25) is 0 Å². The Morgan fingerprint density at radius 3 is 2.00 bits per heavy atom. The van der Waals surface area contributed by atoms with Crippen LogP contribution in [0.15, 0.2) is 24.3 Å². The molecule has 0 aliphatic heterocycles. The smallest absolute Gasteiger partial charge is 0.328 e. The van der Waals surface area contributed by atoms with Gasteiger partial charge in [0.05, 0.1) is 0 Å². The second kappa shape index (κ2) is 5.28. The van der Waals surface area contributed by atoms with Crippen LogP contribution in [0.1, 0.15) is 6.92 Å². The Morgan fingerprint density at radius 2 is 1.60 bits per heavy atom. The third kappa shape index (κ3) is 5.61. The summed E-state index contributed by atoms with van der Waals surface area (Å²) in [6, 6.07) is 0. The molecule has 0 radical (unpaired) electrons. The lowest BCUT2D eigenvalue weighted by molar-refractivity contribution is -0.145. The summed E-state index contributed by atoms with van der Waals surface area (Å²) in [5.74, 6) is -5.87. The highest BCUT2D eigenvalue weighted by Gasteiger charge is 2.26. The number of hydrogen-bond donors (Lipinski definition) is 4. The molecule has 0 saturated heterocycles. The van der Waals surface area contributed by atoms with Crippen molar-refractivity contribution in [2.45, 2.75) is 12.7 Å². The van der Waals surface area contributed by atoms with E-state index in [0.29, 0.717) is 12.2 Å². The average Bonchev–Trinajstić information content (AvgIpc) is 2.11. The van der Waals surface area contributed by atoms with Gasteiger partial charge in [0.25, 0.3) is 0 Å². The standard InChI is InChI=1S/C9H12O6/c1-6(2-3-7(10)11)9(14,15)5-4-8(12)13/h2-6,14-15H,1H3,(H,10,11)(H,12,13). The van der Waals surface area contributed by atoms with Crippen molar-refractivity contribution in [3.05, 3.63) is 24.3 Å². The Morgan fingerprint density at radius 1 is 1.13 bits per heavy atom. The first-order valence-corrected chi connectivity index (χ1v) is 4.03. The summed E-state index contributed by atoms with van der Waals surface area (Å²) in [6.45, 7) is 1.34. The van der Waals surface area contributed by atoms with Gasteiger partial charge in [-0.3, -0.25) is 0 Å². The van der Waals surface area contributed by atoms with Crippen LogP contribution in [0, 0.1) is 5.92 Å². The lowest BCUT2D eigenvalue weighted by atomic mass is 10.00. The van der Waals surface area contributed by atoms with Crippen molar-refractivity contribution < 1.29 is 30.0 Å². The van der Waals surface area contributed by atoms with Gasteiger partial charge in [0, 0.05) is 18.1 Å². The predicted octanol–water partition coefficient (Wildman–Crippen LogP) is -0.415. The summed E-state index contributed by atoms with van der Waals surface area (Å²) in [7, 11) is 0. The normalized spacial score (nSPS) is 14.6. The number of aliphatic hydroxyl groups is 2. The second-order valence-electron chi connectivity index (χ2n) is 2.94. The molecule has 0 spiro atoms. The fraction of sp³-hybridized carbons (Fsp3) is 0.333. The van der Waals surface area contributed by atoms with Crippen molar-refractivity contribution in [2.75, 3.05) is 0 Å². The molecule has 0 amide bonds. The van der Waals surface area contributed by atoms with E-state index in [2.05, 4.69) is 0 Å². The van der Waals surface area contributed by atoms with E-state index >= 15 is 0 Å². The van der Waals surface area contributed by atoms with Gasteiger partial charge in [-0.2, -0.15) is 0 Å². The molecule has 0 aliphatic rings. The van der Waals surface area contributed by atoms with Crippen molar-refractivity contribution in [3.63, 3.8) is 0 Å². The maximum Gasteiger partial charge on any atom is 0.328 e. The number of rotatable bonds is 5. The van der Waals surface area contributed by atoms with Gasteiger partial charge in [-0.1, -0.05) is 13.0 Å². The number of carbonyl (C=O) groups is 2. The molecule has 4 N–H and O–H groups in total. The molecule has 0 aromatic rings. The van der Waals surface area contributed by atoms with E-state index in [1.807, 2.05) is 0 Å². The van der Waals surface area contributed by atoms with E-state index < -0.39 is 23.6 Å². The van der Waals surface area contributed by atoms with Gasteiger partial charge >= 0.3 is 11.9 Å². The molecule has 0 aromatic carbocycles. The first-order valence-electron chi connectivity index (χ1n) is 4.03. The molecule has 1 atom stereocenters. The zero-order valence-electron chi connectivity index (χ0n) is 7.99. The maximum atomic E-state index is 10.1. The highest BCUT2D eigenvalue weighted by atomic mass is 16.5. The molecule has 0 aliphatic carbocycles. The topological polar surface area (TPSA) is 115 Å². The van der Waals surface area contributed by atoms with Crippen LogP contribution in [0.25, 0.3) is 0 Å². The third-order valence-corrected chi connectivity index (χ3v) is 1.67. The Bertz CT molecular complexity index is 302. The van der Waals surface area contributed by atoms with Crippen molar-refractivity contribution in [2.24, 2.45) is 5.92 Å². The lowest BCUT2D eigenvalue weighted by Gasteiger charge is -2.22. The summed E-state index contributed by atoms with van der Waals surface area (Å²) in [6.07, 6.45) is 3.05. The number of aliphatic carboxylic acids is 2. The van der Waals surface area contributed by atoms with Crippen LogP contribution in [-0.4, -0.2) is 38.2 Å². The minimum absolute atomic E-state index is 0.575. The second-order valence-corrected chi connectivity index (χ2v) is 2.94. The summed E-state index contributed by atoms with van der Waals surface area (Å²) >= 11 is 0. The van der Waals surface area contributed by atoms with Crippen molar-refractivity contribution >= 4 is 11.9 Å². The predicted molar refractivity (Wildman–Crippen MR) is 49.9 cm³/mol. The molecule has 0 heterocycles. The van der Waals surface area contributed by atoms with Crippen molar-refractivity contribution in [3.8, 4) is 0 Å². The molecule has 0 aromatic heterocycles. The fourth-order valence-electron chi connectivity index (χ4n) is 0.714. The Kier molecular flexibility index (Phi) is 4.69. The van der Waals surface area contributed by atoms with E-state index in [9.17, 15) is 19.8 Å². The van der Waals surface area contributed by atoms with E-state index in [1.54, 1.807) is 0 Å². The number of carboxylic acid groups (broad SMARTS) is 2. The quantitative estimate of drug-likeness (QED) is 0.366. The molecule has 6 nitrogen and oxygen atoms in total. The fourth-order valence-corrected chi connectivity index (χ4v) is 0.714. The lowest BCUT2D eigenvalue weighted by Crippen LogP contribution is -2.32. The molecule has 0 fully saturated rings. The van der Waals surface area contributed by atoms with Gasteiger partial charge in [0.15, 0.2) is 5.79 Å². The Balaban J connectivity index is 4.58. The molecule has 0 bridgehead atoms. The minimum Gasteiger partial charge on any atom is -0.478 e. The minimum atomic E-state index is -2.38. The first-order chi connectivity index (χ1) is 6.75. The van der Waals surface area contributed by atoms with E-state index in [4.69, 9.17) is 10.2 Å². The molecule has 6 heteroatoms. The van der Waals surface area contributed by atoms with Crippen molar-refractivity contribution in [1.29, 1.82) is 0 Å². The van der Waals surface area contributed by atoms with Crippen LogP contribution >= 0.6 is 0 Å². The molecule has 1 unspecified atom stereocenters. The van der Waals surface area contributed by atoms with Crippen molar-refractivity contribution in [1.82, 2.24) is 0 Å². The van der Waals surface area contributed by atoms with Gasteiger partial charge in [0.1, 0.15) is 0 Å². The highest BCUT2D eigenvalue weighted by molar-refractivity contribution is 5.80. The molecular weight excluding hydrogens is 204 g/mol. The SMILES string of the molecule is CC(C=CC(=O)O)C(O)(O)C=CC(=O)O. The van der Waals surface area contributed by atoms with E-state index in [-0.39, 0.29) is 0 Å². The largest absolute Gasteiger partial charge is 0.478 e. The van der Waals surface area contributed by atoms with Crippen LogP contribution in [0.2, 0.25) is 0 Å². The molecule has 0 rings (SSSR count). The zero-order chi connectivity index (χ0) is 12.1. The zero-order valence-corrected chi connectivity index (χ0v) is 7.99. The van der Waals surface area contributed by atoms with E-state index in [0.717, 1.165) is 12.2 Å². The first kappa shape index (κ1) is 13.3. The number of carboxylic acids is 2. The van der Waals surface area contributed by atoms with Crippen LogP contribution in [0.4, 0.5) is 0 Å². The summed E-state index contributed by atoms with van der Waals surface area (Å²) in [5, 5.41) is 35.2. The van der Waals surface area contributed by atoms with E-state index in [1.165, 1.54) is 6.92 Å². The summed E-state index contributed by atoms with van der Waals surface area (Å²) in [5.41, 5.74) is 0. The summed E-state index contributed by atoms with van der Waals surface area (Å²) < 4.78 is 0. The highest BCUT2D eigenvalue weighted by Crippen LogP contribution is 2.16. The Hall–Kier alpha value is -1.66. The molecular formula is C9H12O6. The molecule has 15 heavy (non-hydrogen) atoms. The summed E-state index contributed by atoms with van der Waals surface area (Å²) in [4.78, 5) is 20.2. The van der Waals surface area contributed by atoms with Gasteiger partial charge in [-0.25, -0.2) is 9.59 Å². The average molecular weight is 216 g/mol. The van der Waals surface area contributed by atoms with Crippen LogP contribution in [-0.2, 0) is 9.59 Å². The van der Waals surface area contributed by atoms with Crippen LogP contribution < -0.4 is 0 Å². The maximum absolute atomic E-state index is 10.1. The van der Waals surface area contributed by atoms with Gasteiger partial charge < -0.3 is 20.4 Å². The molecule has 84 valence electrons. The third-order valence-electron chi connectivity index (χ3n) is 1.67. The van der Waals surface area contributed by atoms with Crippen LogP contribution in [0.3, 0.4) is 0 Å². The monoisotopic (exact) mass is 216 g/mol. The molecule has 0 saturated carbocycles. The van der Waals surface area contributed by atoms with Gasteiger partial charge in [-0.05, 0) is 6.08 Å². The number of hydrogen-bond acceptors (Lipinski definition) is 4. The van der Waals surface area contributed by atoms with Gasteiger partial charge in [-0.15, -0.1) is 0 Å².